The second-order valence-electron chi connectivity index (χ2n) is 2.55. The number of terminal acetylenes is 2. The first-order chi connectivity index (χ1) is 5.65. The van der Waals surface area contributed by atoms with Gasteiger partial charge in [-0.1, -0.05) is 23.6 Å². The van der Waals surface area contributed by atoms with E-state index in [4.69, 9.17) is 29.2 Å². The topological polar surface area (TPSA) is 21.3 Å². The molecule has 3 atom stereocenters. The molecule has 3 unspecified atom stereocenters. The molecule has 0 bridgehead atoms. The summed E-state index contributed by atoms with van der Waals surface area (Å²) in [6.45, 7) is 0. The van der Waals surface area contributed by atoms with Crippen LogP contribution in [0.3, 0.4) is 0 Å². The second-order valence-corrected chi connectivity index (χ2v) is 6.68. The van der Waals surface area contributed by atoms with E-state index in [2.05, 4.69) is 16.9 Å². The Labute approximate surface area is 78.2 Å². The van der Waals surface area contributed by atoms with Crippen molar-refractivity contribution in [3.63, 3.8) is 0 Å². The largest absolute Gasteiger partial charge is 0.320 e. The van der Waals surface area contributed by atoms with Crippen molar-refractivity contribution in [2.75, 3.05) is 13.2 Å². The summed E-state index contributed by atoms with van der Waals surface area (Å²) in [7, 11) is 1.78. The lowest BCUT2D eigenvalue weighted by molar-refractivity contribution is 0.285. The smallest absolute Gasteiger partial charge is 0.138 e. The lowest BCUT2D eigenvalue weighted by Crippen LogP contribution is -2.12. The maximum atomic E-state index is 5.49. The summed E-state index contributed by atoms with van der Waals surface area (Å²) >= 11 is 5.24. The normalized spacial score (nSPS) is 40.2. The summed E-state index contributed by atoms with van der Waals surface area (Å²) in [5.41, 5.74) is 0. The number of hydrogen-bond donors (Lipinski definition) is 1. The van der Waals surface area contributed by atoms with Crippen molar-refractivity contribution in [1.82, 2.24) is 5.09 Å². The van der Waals surface area contributed by atoms with Gasteiger partial charge in [-0.15, -0.1) is 12.8 Å². The van der Waals surface area contributed by atoms with Crippen LogP contribution in [0.1, 0.15) is 0 Å². The van der Waals surface area contributed by atoms with Crippen LogP contribution in [0.4, 0.5) is 0 Å². The molecule has 1 N–H and O–H groups in total. The molecule has 0 amide bonds. The molecule has 0 aromatic rings. The summed E-state index contributed by atoms with van der Waals surface area (Å²) in [4.78, 5) is 0. The summed E-state index contributed by atoms with van der Waals surface area (Å²) in [5, 5.41) is 2.98. The molecule has 1 aliphatic rings. The predicted molar refractivity (Wildman–Crippen MR) is 54.2 cm³/mol. The van der Waals surface area contributed by atoms with E-state index >= 15 is 0 Å². The molecular formula is C8H10NOPS. The van der Waals surface area contributed by atoms with Gasteiger partial charge in [0.15, 0.2) is 0 Å². The highest BCUT2D eigenvalue weighted by Gasteiger charge is 2.36. The minimum absolute atomic E-state index is 0.0201. The Kier molecular flexibility index (Phi) is 2.94. The third-order valence-corrected chi connectivity index (χ3v) is 5.18. The third kappa shape index (κ3) is 1.71. The molecule has 64 valence electrons. The van der Waals surface area contributed by atoms with Gasteiger partial charge in [0.05, 0.1) is 5.92 Å². The van der Waals surface area contributed by atoms with Crippen LogP contribution in [-0.2, 0) is 16.3 Å². The van der Waals surface area contributed by atoms with Gasteiger partial charge in [0, 0.05) is 6.16 Å². The molecule has 1 aliphatic heterocycles. The summed E-state index contributed by atoms with van der Waals surface area (Å²) < 4.78 is 5.49. The monoisotopic (exact) mass is 199 g/mol. The van der Waals surface area contributed by atoms with E-state index in [0.717, 1.165) is 0 Å². The number of rotatable bonds is 1. The van der Waals surface area contributed by atoms with Crippen LogP contribution >= 0.6 is 6.42 Å². The fraction of sp³-hybridized carbons (Fsp3) is 0.500. The Balaban J connectivity index is 2.82. The molecule has 1 rings (SSSR count). The Morgan fingerprint density at radius 3 is 2.58 bits per heavy atom. The van der Waals surface area contributed by atoms with E-state index in [1.807, 2.05) is 0 Å². The van der Waals surface area contributed by atoms with Crippen LogP contribution in [0.2, 0.25) is 0 Å². The van der Waals surface area contributed by atoms with E-state index in [-0.39, 0.29) is 12.0 Å². The first kappa shape index (κ1) is 9.78. The molecule has 1 heterocycles. The zero-order valence-electron chi connectivity index (χ0n) is 6.78. The van der Waals surface area contributed by atoms with Gasteiger partial charge in [-0.3, -0.25) is 5.09 Å². The fourth-order valence-electron chi connectivity index (χ4n) is 1.09. The summed E-state index contributed by atoms with van der Waals surface area (Å²) in [6, 6.07) is 0. The lowest BCUT2D eigenvalue weighted by atomic mass is 10.1. The van der Waals surface area contributed by atoms with Crippen molar-refractivity contribution in [2.24, 2.45) is 5.92 Å². The number of hydrogen-bond acceptors (Lipinski definition) is 2. The van der Waals surface area contributed by atoms with E-state index in [0.29, 0.717) is 6.16 Å². The molecule has 4 heteroatoms. The van der Waals surface area contributed by atoms with Crippen molar-refractivity contribution in [3.8, 4) is 24.7 Å². The van der Waals surface area contributed by atoms with Crippen LogP contribution in [0.5, 0.6) is 0 Å². The highest BCUT2D eigenvalue weighted by molar-refractivity contribution is 8.11. The number of nitrogens with one attached hydrogen (secondary N) is 1. The maximum absolute atomic E-state index is 5.49. The molecule has 1 fully saturated rings. The zero-order chi connectivity index (χ0) is 9.19. The van der Waals surface area contributed by atoms with Crippen molar-refractivity contribution in [3.05, 3.63) is 0 Å². The van der Waals surface area contributed by atoms with Gasteiger partial charge in [-0.2, -0.15) is 0 Å². The van der Waals surface area contributed by atoms with Gasteiger partial charge in [-0.25, -0.2) is 0 Å². The van der Waals surface area contributed by atoms with Gasteiger partial charge in [0.1, 0.15) is 12.5 Å². The Hall–Kier alpha value is -0.310. The summed E-state index contributed by atoms with van der Waals surface area (Å²) in [5.74, 6) is 5.10. The minimum atomic E-state index is -1.90. The first-order valence-electron chi connectivity index (χ1n) is 3.54. The Bertz CT molecular complexity index is 275. The van der Waals surface area contributed by atoms with Gasteiger partial charge < -0.3 is 4.52 Å². The molecule has 0 aliphatic carbocycles. The van der Waals surface area contributed by atoms with Gasteiger partial charge in [0.2, 0.25) is 0 Å². The van der Waals surface area contributed by atoms with Crippen molar-refractivity contribution >= 4 is 18.2 Å². The first-order valence-corrected chi connectivity index (χ1v) is 6.44. The molecule has 0 aromatic carbocycles. The molecule has 1 saturated heterocycles. The SMILES string of the molecule is C#CC1CP(=S)(NC)OC1C#C. The predicted octanol–water partition coefficient (Wildman–Crippen LogP) is 0.797. The lowest BCUT2D eigenvalue weighted by Gasteiger charge is -2.12. The highest BCUT2D eigenvalue weighted by atomic mass is 32.4. The molecule has 0 spiro atoms. The van der Waals surface area contributed by atoms with Crippen LogP contribution < -0.4 is 5.09 Å². The van der Waals surface area contributed by atoms with Crippen LogP contribution in [0.25, 0.3) is 0 Å². The molecule has 12 heavy (non-hydrogen) atoms. The van der Waals surface area contributed by atoms with Crippen molar-refractivity contribution in [2.45, 2.75) is 6.10 Å². The van der Waals surface area contributed by atoms with E-state index in [1.54, 1.807) is 7.05 Å². The van der Waals surface area contributed by atoms with E-state index in [9.17, 15) is 0 Å². The second kappa shape index (κ2) is 3.60. The van der Waals surface area contributed by atoms with E-state index < -0.39 is 6.42 Å². The van der Waals surface area contributed by atoms with Gasteiger partial charge in [0.25, 0.3) is 0 Å². The van der Waals surface area contributed by atoms with Crippen LogP contribution in [0.15, 0.2) is 0 Å². The minimum Gasteiger partial charge on any atom is -0.320 e. The van der Waals surface area contributed by atoms with Crippen molar-refractivity contribution < 1.29 is 4.52 Å². The zero-order valence-corrected chi connectivity index (χ0v) is 8.49. The van der Waals surface area contributed by atoms with Crippen molar-refractivity contribution in [1.29, 1.82) is 0 Å². The molecule has 0 saturated carbocycles. The maximum Gasteiger partial charge on any atom is 0.138 e. The third-order valence-electron chi connectivity index (χ3n) is 1.81. The van der Waals surface area contributed by atoms with Gasteiger partial charge >= 0.3 is 0 Å². The van der Waals surface area contributed by atoms with Gasteiger partial charge in [-0.05, 0) is 7.05 Å². The molecule has 0 aromatic heterocycles. The summed E-state index contributed by atoms with van der Waals surface area (Å²) in [6.07, 6.45) is 9.05. The quantitative estimate of drug-likeness (QED) is 0.498. The standard InChI is InChI=1S/C8H10NOPS/c1-4-7-6-11(12,9-3)10-8(7)5-2/h1-2,7-8H,6H2,3H3,(H,9,12). The van der Waals surface area contributed by atoms with Crippen LogP contribution in [-0.4, -0.2) is 19.3 Å². The Morgan fingerprint density at radius 1 is 1.58 bits per heavy atom. The van der Waals surface area contributed by atoms with Crippen LogP contribution in [0, 0.1) is 30.6 Å². The molecule has 2 nitrogen and oxygen atoms in total. The average molecular weight is 199 g/mol. The highest BCUT2D eigenvalue weighted by Crippen LogP contribution is 2.52. The fourth-order valence-corrected chi connectivity index (χ4v) is 3.61. The van der Waals surface area contributed by atoms with E-state index in [1.165, 1.54) is 0 Å². The average Bonchev–Trinajstić information content (AvgIpc) is 2.43. The Morgan fingerprint density at radius 2 is 2.25 bits per heavy atom. The molecular weight excluding hydrogens is 189 g/mol. The molecule has 0 radical (unpaired) electrons.